The molecule has 1 fully saturated rings. The van der Waals surface area contributed by atoms with E-state index in [-0.39, 0.29) is 5.91 Å². The smallest absolute Gasteiger partial charge is 0.219 e. The fraction of sp³-hybridized carbons (Fsp3) is 0.588. The van der Waals surface area contributed by atoms with Gasteiger partial charge in [0.05, 0.1) is 0 Å². The molecule has 0 aromatic heterocycles. The maximum atomic E-state index is 11.7. The van der Waals surface area contributed by atoms with Crippen molar-refractivity contribution in [3.8, 4) is 0 Å². The van der Waals surface area contributed by atoms with E-state index in [0.29, 0.717) is 12.0 Å². The molecule has 1 amide bonds. The van der Waals surface area contributed by atoms with Gasteiger partial charge in [-0.25, -0.2) is 0 Å². The molecule has 108 valence electrons. The number of fused-ring (bicyclic) bond motifs is 3. The molecule has 0 saturated carbocycles. The molecular weight excluding hydrogens is 248 g/mol. The summed E-state index contributed by atoms with van der Waals surface area (Å²) in [6.45, 7) is 3.53. The Morgan fingerprint density at radius 3 is 2.85 bits per heavy atom. The van der Waals surface area contributed by atoms with Gasteiger partial charge in [0.2, 0.25) is 5.91 Å². The third kappa shape index (κ3) is 2.67. The first-order chi connectivity index (χ1) is 9.75. The van der Waals surface area contributed by atoms with Crippen molar-refractivity contribution < 1.29 is 4.79 Å². The largest absolute Gasteiger partial charge is 0.381 e. The van der Waals surface area contributed by atoms with Crippen LogP contribution in [0.2, 0.25) is 0 Å². The highest BCUT2D eigenvalue weighted by Crippen LogP contribution is 2.40. The Balaban J connectivity index is 1.79. The van der Waals surface area contributed by atoms with Gasteiger partial charge in [0.1, 0.15) is 0 Å². The summed E-state index contributed by atoms with van der Waals surface area (Å²) in [7, 11) is 0. The Bertz CT molecular complexity index is 486. The van der Waals surface area contributed by atoms with E-state index >= 15 is 0 Å². The number of benzene rings is 1. The topological polar surface area (TPSA) is 32.3 Å². The summed E-state index contributed by atoms with van der Waals surface area (Å²) in [6, 6.07) is 9.22. The number of carbonyl (C=O) groups is 1. The molecule has 1 aromatic rings. The summed E-state index contributed by atoms with van der Waals surface area (Å²) in [6.07, 6.45) is 5.95. The molecule has 0 bridgehead atoms. The standard InChI is InChI=1S/C17H24N2O/c1-13(20)19-11-6-2-3-8-17-15(10-12-19)14-7-4-5-9-16(14)18-17/h4-5,7,9,15,17-18H,2-3,6,8,10-12H2,1H3. The monoisotopic (exact) mass is 272 g/mol. The van der Waals surface area contributed by atoms with Gasteiger partial charge >= 0.3 is 0 Å². The molecule has 2 heterocycles. The van der Waals surface area contributed by atoms with Crippen molar-refractivity contribution in [2.75, 3.05) is 18.4 Å². The molecule has 1 N–H and O–H groups in total. The predicted molar refractivity (Wildman–Crippen MR) is 81.9 cm³/mol. The number of nitrogens with zero attached hydrogens (tertiary/aromatic N) is 1. The molecular formula is C17H24N2O. The molecule has 3 heteroatoms. The number of hydrogen-bond acceptors (Lipinski definition) is 2. The normalized spacial score (nSPS) is 26.4. The van der Waals surface area contributed by atoms with Crippen LogP contribution in [-0.2, 0) is 4.79 Å². The number of anilines is 1. The van der Waals surface area contributed by atoms with E-state index in [4.69, 9.17) is 0 Å². The van der Waals surface area contributed by atoms with Crippen molar-refractivity contribution in [2.45, 2.75) is 51.0 Å². The Kier molecular flexibility index (Phi) is 3.95. The van der Waals surface area contributed by atoms with Crippen LogP contribution in [-0.4, -0.2) is 29.9 Å². The van der Waals surface area contributed by atoms with Gasteiger partial charge < -0.3 is 10.2 Å². The van der Waals surface area contributed by atoms with Crippen molar-refractivity contribution in [1.29, 1.82) is 0 Å². The molecule has 2 aliphatic rings. The van der Waals surface area contributed by atoms with Gasteiger partial charge in [-0.05, 0) is 30.9 Å². The number of amides is 1. The van der Waals surface area contributed by atoms with Gasteiger partial charge in [0, 0.05) is 37.7 Å². The molecule has 0 radical (unpaired) electrons. The average Bonchev–Trinajstić information content (AvgIpc) is 2.80. The van der Waals surface area contributed by atoms with E-state index in [1.54, 1.807) is 6.92 Å². The summed E-state index contributed by atoms with van der Waals surface area (Å²) in [4.78, 5) is 13.7. The van der Waals surface area contributed by atoms with Gasteiger partial charge in [0.15, 0.2) is 0 Å². The third-order valence-electron chi connectivity index (χ3n) is 4.79. The van der Waals surface area contributed by atoms with Crippen molar-refractivity contribution in [3.63, 3.8) is 0 Å². The van der Waals surface area contributed by atoms with E-state index < -0.39 is 0 Å². The maximum Gasteiger partial charge on any atom is 0.219 e. The quantitative estimate of drug-likeness (QED) is 0.785. The fourth-order valence-corrected chi connectivity index (χ4v) is 3.66. The van der Waals surface area contributed by atoms with Crippen LogP contribution in [0.5, 0.6) is 0 Å². The number of para-hydroxylation sites is 1. The second kappa shape index (κ2) is 5.86. The molecule has 2 unspecified atom stereocenters. The lowest BCUT2D eigenvalue weighted by Gasteiger charge is -2.27. The molecule has 3 nitrogen and oxygen atoms in total. The second-order valence-corrected chi connectivity index (χ2v) is 6.09. The molecule has 20 heavy (non-hydrogen) atoms. The van der Waals surface area contributed by atoms with Crippen molar-refractivity contribution >= 4 is 11.6 Å². The van der Waals surface area contributed by atoms with Crippen LogP contribution in [0.4, 0.5) is 5.69 Å². The Hall–Kier alpha value is -1.51. The molecule has 1 aromatic carbocycles. The minimum Gasteiger partial charge on any atom is -0.381 e. The first-order valence-electron chi connectivity index (χ1n) is 7.86. The second-order valence-electron chi connectivity index (χ2n) is 6.09. The SMILES string of the molecule is CC(=O)N1CCCCCC2Nc3ccccc3C2CC1. The minimum atomic E-state index is 0.223. The number of hydrogen-bond donors (Lipinski definition) is 1. The average molecular weight is 272 g/mol. The predicted octanol–water partition coefficient (Wildman–Crippen LogP) is 3.38. The van der Waals surface area contributed by atoms with Gasteiger partial charge in [-0.15, -0.1) is 0 Å². The van der Waals surface area contributed by atoms with Gasteiger partial charge in [-0.2, -0.15) is 0 Å². The van der Waals surface area contributed by atoms with Crippen LogP contribution in [0, 0.1) is 0 Å². The highest BCUT2D eigenvalue weighted by Gasteiger charge is 2.32. The van der Waals surface area contributed by atoms with Crippen LogP contribution < -0.4 is 5.32 Å². The summed E-state index contributed by atoms with van der Waals surface area (Å²) in [5.74, 6) is 0.785. The van der Waals surface area contributed by atoms with E-state index in [0.717, 1.165) is 25.9 Å². The Morgan fingerprint density at radius 1 is 1.15 bits per heavy atom. The first-order valence-corrected chi connectivity index (χ1v) is 7.86. The van der Waals surface area contributed by atoms with Crippen LogP contribution in [0.15, 0.2) is 24.3 Å². The van der Waals surface area contributed by atoms with Crippen LogP contribution in [0.1, 0.15) is 50.5 Å². The van der Waals surface area contributed by atoms with E-state index in [1.807, 2.05) is 4.90 Å². The summed E-state index contributed by atoms with van der Waals surface area (Å²) in [5, 5.41) is 3.69. The number of carbonyl (C=O) groups excluding carboxylic acids is 1. The van der Waals surface area contributed by atoms with E-state index in [2.05, 4.69) is 29.6 Å². The lowest BCUT2D eigenvalue weighted by molar-refractivity contribution is -0.129. The van der Waals surface area contributed by atoms with Gasteiger partial charge in [0.25, 0.3) is 0 Å². The van der Waals surface area contributed by atoms with E-state index in [1.165, 1.54) is 30.5 Å². The van der Waals surface area contributed by atoms with Crippen molar-refractivity contribution in [3.05, 3.63) is 29.8 Å². The Labute approximate surface area is 121 Å². The highest BCUT2D eigenvalue weighted by atomic mass is 16.2. The molecule has 0 aliphatic carbocycles. The van der Waals surface area contributed by atoms with Crippen LogP contribution in [0.3, 0.4) is 0 Å². The van der Waals surface area contributed by atoms with Crippen LogP contribution in [0.25, 0.3) is 0 Å². The maximum absolute atomic E-state index is 11.7. The summed E-state index contributed by atoms with van der Waals surface area (Å²) in [5.41, 5.74) is 2.75. The van der Waals surface area contributed by atoms with Crippen molar-refractivity contribution in [2.24, 2.45) is 0 Å². The summed E-state index contributed by atoms with van der Waals surface area (Å²) < 4.78 is 0. The molecule has 2 aliphatic heterocycles. The fourth-order valence-electron chi connectivity index (χ4n) is 3.66. The Morgan fingerprint density at radius 2 is 2.00 bits per heavy atom. The first kappa shape index (κ1) is 13.5. The van der Waals surface area contributed by atoms with Gasteiger partial charge in [-0.3, -0.25) is 4.79 Å². The number of nitrogens with one attached hydrogen (secondary N) is 1. The highest BCUT2D eigenvalue weighted by molar-refractivity contribution is 5.73. The zero-order valence-corrected chi connectivity index (χ0v) is 12.3. The van der Waals surface area contributed by atoms with Gasteiger partial charge in [-0.1, -0.05) is 31.0 Å². The van der Waals surface area contributed by atoms with Crippen LogP contribution >= 0.6 is 0 Å². The lowest BCUT2D eigenvalue weighted by Crippen LogP contribution is -2.34. The van der Waals surface area contributed by atoms with E-state index in [9.17, 15) is 4.79 Å². The zero-order chi connectivity index (χ0) is 13.9. The molecule has 0 spiro atoms. The molecule has 1 saturated heterocycles. The molecule has 3 rings (SSSR count). The summed E-state index contributed by atoms with van der Waals surface area (Å²) >= 11 is 0. The third-order valence-corrected chi connectivity index (χ3v) is 4.79. The lowest BCUT2D eigenvalue weighted by atomic mass is 9.88. The minimum absolute atomic E-state index is 0.223. The zero-order valence-electron chi connectivity index (χ0n) is 12.3. The molecule has 2 atom stereocenters. The number of rotatable bonds is 0. The van der Waals surface area contributed by atoms with Crippen molar-refractivity contribution in [1.82, 2.24) is 4.90 Å².